The molecule has 2 aromatic rings. The molecule has 5 heteroatoms. The lowest BCUT2D eigenvalue weighted by Gasteiger charge is -2.36. The molecule has 0 radical (unpaired) electrons. The number of rotatable bonds is 2. The van der Waals surface area contributed by atoms with Gasteiger partial charge in [-0.2, -0.15) is 0 Å². The van der Waals surface area contributed by atoms with Crippen LogP contribution in [0.15, 0.2) is 29.6 Å². The van der Waals surface area contributed by atoms with Crippen LogP contribution in [0.5, 0.6) is 5.75 Å². The number of carbonyl (C=O) groups excluding carboxylic acids is 1. The fourth-order valence-corrected chi connectivity index (χ4v) is 4.71. The number of aryl methyl sites for hydroxylation is 1. The zero-order valence-electron chi connectivity index (χ0n) is 14.1. The number of hydrogen-bond donors (Lipinski definition) is 0. The predicted molar refractivity (Wildman–Crippen MR) is 94.4 cm³/mol. The molecule has 3 unspecified atom stereocenters. The summed E-state index contributed by atoms with van der Waals surface area (Å²) in [5.74, 6) is 1.05. The average Bonchev–Trinajstić information content (AvgIpc) is 3.18. The Kier molecular flexibility index (Phi) is 4.04. The zero-order chi connectivity index (χ0) is 16.7. The number of likely N-dealkylation sites (tertiary alicyclic amines) is 1. The van der Waals surface area contributed by atoms with E-state index in [1.165, 1.54) is 0 Å². The van der Waals surface area contributed by atoms with E-state index in [0.717, 1.165) is 47.8 Å². The Balaban J connectivity index is 1.59. The van der Waals surface area contributed by atoms with E-state index in [1.54, 1.807) is 11.3 Å². The van der Waals surface area contributed by atoms with E-state index in [4.69, 9.17) is 4.74 Å². The van der Waals surface area contributed by atoms with Crippen molar-refractivity contribution in [2.45, 2.75) is 51.2 Å². The van der Waals surface area contributed by atoms with Crippen molar-refractivity contribution >= 4 is 17.2 Å². The van der Waals surface area contributed by atoms with Crippen LogP contribution in [0.1, 0.15) is 54.4 Å². The molecule has 2 aliphatic heterocycles. The van der Waals surface area contributed by atoms with E-state index in [-0.39, 0.29) is 17.9 Å². The zero-order valence-corrected chi connectivity index (χ0v) is 14.9. The highest BCUT2D eigenvalue weighted by atomic mass is 32.1. The molecule has 1 saturated heterocycles. The van der Waals surface area contributed by atoms with Gasteiger partial charge < -0.3 is 9.64 Å². The van der Waals surface area contributed by atoms with Crippen molar-refractivity contribution in [1.29, 1.82) is 0 Å². The van der Waals surface area contributed by atoms with E-state index in [0.29, 0.717) is 0 Å². The molecule has 4 rings (SSSR count). The number of amides is 1. The Bertz CT molecular complexity index is 757. The molecule has 1 fully saturated rings. The smallest absolute Gasteiger partial charge is 0.264 e. The maximum Gasteiger partial charge on any atom is 0.264 e. The van der Waals surface area contributed by atoms with Gasteiger partial charge in [0.25, 0.3) is 5.91 Å². The van der Waals surface area contributed by atoms with Gasteiger partial charge in [0.2, 0.25) is 0 Å². The standard InChI is InChI=1S/C19H22N2O2S/c1-12-11-24-18(20-12)15-8-5-6-10-21(15)19(22)17-13(2)14-7-3-4-9-16(14)23-17/h3-4,7,9,11,13,15,17H,5-6,8,10H2,1-2H3. The maximum absolute atomic E-state index is 13.2. The Morgan fingerprint density at radius 1 is 1.33 bits per heavy atom. The van der Waals surface area contributed by atoms with Gasteiger partial charge in [-0.1, -0.05) is 25.1 Å². The second-order valence-electron chi connectivity index (χ2n) is 6.74. The molecule has 4 nitrogen and oxygen atoms in total. The molecule has 0 saturated carbocycles. The molecule has 0 N–H and O–H groups in total. The summed E-state index contributed by atoms with van der Waals surface area (Å²) in [5.41, 5.74) is 2.17. The van der Waals surface area contributed by atoms with Gasteiger partial charge in [0.15, 0.2) is 6.10 Å². The number of nitrogens with zero attached hydrogens (tertiary/aromatic N) is 2. The van der Waals surface area contributed by atoms with Gasteiger partial charge in [-0.05, 0) is 32.3 Å². The summed E-state index contributed by atoms with van der Waals surface area (Å²) < 4.78 is 6.02. The average molecular weight is 342 g/mol. The molecule has 24 heavy (non-hydrogen) atoms. The first-order valence-corrected chi connectivity index (χ1v) is 9.51. The third-order valence-electron chi connectivity index (χ3n) is 5.07. The van der Waals surface area contributed by atoms with Crippen molar-refractivity contribution < 1.29 is 9.53 Å². The first-order valence-electron chi connectivity index (χ1n) is 8.63. The number of aromatic nitrogens is 1. The molecule has 0 spiro atoms. The maximum atomic E-state index is 13.2. The van der Waals surface area contributed by atoms with Crippen molar-refractivity contribution in [3.63, 3.8) is 0 Å². The molecule has 2 aliphatic rings. The van der Waals surface area contributed by atoms with Crippen LogP contribution in [0.25, 0.3) is 0 Å². The summed E-state index contributed by atoms with van der Waals surface area (Å²) in [5, 5.41) is 3.13. The third kappa shape index (κ3) is 2.61. The molecule has 1 amide bonds. The molecule has 1 aromatic carbocycles. The molecular formula is C19H22N2O2S. The molecule has 0 bridgehead atoms. The highest BCUT2D eigenvalue weighted by Crippen LogP contribution is 2.40. The number of carbonyl (C=O) groups is 1. The highest BCUT2D eigenvalue weighted by molar-refractivity contribution is 7.09. The molecular weight excluding hydrogens is 320 g/mol. The van der Waals surface area contributed by atoms with Crippen LogP contribution >= 0.6 is 11.3 Å². The largest absolute Gasteiger partial charge is 0.480 e. The molecule has 0 aliphatic carbocycles. The predicted octanol–water partition coefficient (Wildman–Crippen LogP) is 4.07. The van der Waals surface area contributed by atoms with Crippen LogP contribution in [0, 0.1) is 6.92 Å². The van der Waals surface area contributed by atoms with E-state index in [1.807, 2.05) is 30.0 Å². The van der Waals surface area contributed by atoms with Crippen LogP contribution in [-0.2, 0) is 4.79 Å². The van der Waals surface area contributed by atoms with Crippen molar-refractivity contribution in [2.75, 3.05) is 6.54 Å². The Labute approximate surface area is 146 Å². The SMILES string of the molecule is Cc1csc(C2CCCCN2C(=O)C2Oc3ccccc3C2C)n1. The molecule has 3 atom stereocenters. The van der Waals surface area contributed by atoms with Gasteiger partial charge >= 0.3 is 0 Å². The minimum atomic E-state index is -0.413. The lowest BCUT2D eigenvalue weighted by atomic mass is 9.95. The van der Waals surface area contributed by atoms with Crippen LogP contribution in [0.2, 0.25) is 0 Å². The topological polar surface area (TPSA) is 42.4 Å². The number of benzene rings is 1. The number of fused-ring (bicyclic) bond motifs is 1. The van der Waals surface area contributed by atoms with Crippen LogP contribution in [0.4, 0.5) is 0 Å². The highest BCUT2D eigenvalue weighted by Gasteiger charge is 2.41. The number of piperidine rings is 1. The Morgan fingerprint density at radius 2 is 2.17 bits per heavy atom. The van der Waals surface area contributed by atoms with Gasteiger partial charge in [0.1, 0.15) is 10.8 Å². The second kappa shape index (κ2) is 6.20. The summed E-state index contributed by atoms with van der Waals surface area (Å²) in [6, 6.07) is 8.08. The van der Waals surface area contributed by atoms with Crippen LogP contribution in [0.3, 0.4) is 0 Å². The first-order chi connectivity index (χ1) is 11.6. The van der Waals surface area contributed by atoms with E-state index >= 15 is 0 Å². The van der Waals surface area contributed by atoms with Gasteiger partial charge in [0.05, 0.1) is 6.04 Å². The lowest BCUT2D eigenvalue weighted by Crippen LogP contribution is -2.46. The Morgan fingerprint density at radius 3 is 2.92 bits per heavy atom. The Hall–Kier alpha value is -1.88. The normalized spacial score (nSPS) is 26.1. The number of ether oxygens (including phenoxy) is 1. The van der Waals surface area contributed by atoms with Crippen LogP contribution < -0.4 is 4.74 Å². The fourth-order valence-electron chi connectivity index (χ4n) is 3.77. The minimum absolute atomic E-state index is 0.0920. The third-order valence-corrected chi connectivity index (χ3v) is 6.13. The summed E-state index contributed by atoms with van der Waals surface area (Å²) in [6.45, 7) is 4.89. The monoisotopic (exact) mass is 342 g/mol. The van der Waals surface area contributed by atoms with Gasteiger partial charge in [-0.3, -0.25) is 4.79 Å². The fraction of sp³-hybridized carbons (Fsp3) is 0.474. The first kappa shape index (κ1) is 15.6. The lowest BCUT2D eigenvalue weighted by molar-refractivity contribution is -0.142. The summed E-state index contributed by atoms with van der Waals surface area (Å²) in [7, 11) is 0. The van der Waals surface area contributed by atoms with E-state index < -0.39 is 6.10 Å². The molecule has 3 heterocycles. The van der Waals surface area contributed by atoms with Crippen molar-refractivity contribution in [2.24, 2.45) is 0 Å². The summed E-state index contributed by atoms with van der Waals surface area (Å²) in [4.78, 5) is 19.9. The summed E-state index contributed by atoms with van der Waals surface area (Å²) >= 11 is 1.66. The van der Waals surface area contributed by atoms with Crippen molar-refractivity contribution in [3.8, 4) is 5.75 Å². The van der Waals surface area contributed by atoms with Gasteiger partial charge in [0, 0.05) is 29.1 Å². The number of thiazole rings is 1. The van der Waals surface area contributed by atoms with Crippen molar-refractivity contribution in [1.82, 2.24) is 9.88 Å². The second-order valence-corrected chi connectivity index (χ2v) is 7.62. The van der Waals surface area contributed by atoms with Gasteiger partial charge in [-0.25, -0.2) is 4.98 Å². The quantitative estimate of drug-likeness (QED) is 0.826. The van der Waals surface area contributed by atoms with Gasteiger partial charge in [-0.15, -0.1) is 11.3 Å². The van der Waals surface area contributed by atoms with E-state index in [9.17, 15) is 4.79 Å². The van der Waals surface area contributed by atoms with Crippen LogP contribution in [-0.4, -0.2) is 28.4 Å². The van der Waals surface area contributed by atoms with E-state index in [2.05, 4.69) is 23.4 Å². The number of hydrogen-bond acceptors (Lipinski definition) is 4. The summed E-state index contributed by atoms with van der Waals surface area (Å²) in [6.07, 6.45) is 2.78. The molecule has 1 aromatic heterocycles. The van der Waals surface area contributed by atoms with Crippen molar-refractivity contribution in [3.05, 3.63) is 45.9 Å². The minimum Gasteiger partial charge on any atom is -0.480 e. The number of para-hydroxylation sites is 1. The molecule has 126 valence electrons.